The van der Waals surface area contributed by atoms with Gasteiger partial charge in [0.15, 0.2) is 0 Å². The second-order valence-corrected chi connectivity index (χ2v) is 7.87. The number of esters is 2. The standard InChI is InChI=1S/C22H40O3/c1-3-5-6-7-8-9-12-15-19(4-2)16-13-10-11-14-17-20-18-21(23)25-22(20)24/h19-20H,3-18H2,1-2H3. The average molecular weight is 353 g/mol. The van der Waals surface area contributed by atoms with E-state index in [0.29, 0.717) is 6.42 Å². The van der Waals surface area contributed by atoms with Crippen LogP contribution in [0.4, 0.5) is 0 Å². The third-order valence-electron chi connectivity index (χ3n) is 5.67. The van der Waals surface area contributed by atoms with Gasteiger partial charge in [-0.2, -0.15) is 0 Å². The third-order valence-corrected chi connectivity index (χ3v) is 5.67. The van der Waals surface area contributed by atoms with Crippen molar-refractivity contribution in [3.8, 4) is 0 Å². The van der Waals surface area contributed by atoms with E-state index >= 15 is 0 Å². The van der Waals surface area contributed by atoms with Crippen molar-refractivity contribution in [2.24, 2.45) is 11.8 Å². The average Bonchev–Trinajstić information content (AvgIpc) is 2.92. The van der Waals surface area contributed by atoms with Gasteiger partial charge in [-0.15, -0.1) is 0 Å². The van der Waals surface area contributed by atoms with Gasteiger partial charge in [0, 0.05) is 0 Å². The summed E-state index contributed by atoms with van der Waals surface area (Å²) in [5.41, 5.74) is 0. The molecule has 25 heavy (non-hydrogen) atoms. The van der Waals surface area contributed by atoms with E-state index in [0.717, 1.165) is 18.8 Å². The lowest BCUT2D eigenvalue weighted by atomic mass is 9.92. The molecule has 0 aliphatic carbocycles. The Morgan fingerprint density at radius 3 is 1.92 bits per heavy atom. The number of cyclic esters (lactones) is 2. The van der Waals surface area contributed by atoms with E-state index in [9.17, 15) is 9.59 Å². The van der Waals surface area contributed by atoms with Gasteiger partial charge in [0.05, 0.1) is 12.3 Å². The van der Waals surface area contributed by atoms with Gasteiger partial charge in [0.2, 0.25) is 0 Å². The van der Waals surface area contributed by atoms with Crippen molar-refractivity contribution in [3.63, 3.8) is 0 Å². The van der Waals surface area contributed by atoms with Gasteiger partial charge >= 0.3 is 11.9 Å². The van der Waals surface area contributed by atoms with Crippen LogP contribution < -0.4 is 0 Å². The maximum Gasteiger partial charge on any atom is 0.317 e. The van der Waals surface area contributed by atoms with Crippen molar-refractivity contribution in [3.05, 3.63) is 0 Å². The first kappa shape index (κ1) is 22.2. The van der Waals surface area contributed by atoms with E-state index in [2.05, 4.69) is 18.6 Å². The Kier molecular flexibility index (Phi) is 12.7. The molecule has 1 heterocycles. The van der Waals surface area contributed by atoms with Crippen LogP contribution in [-0.4, -0.2) is 11.9 Å². The molecule has 1 fully saturated rings. The Balaban J connectivity index is 1.93. The van der Waals surface area contributed by atoms with Crippen LogP contribution in [0.5, 0.6) is 0 Å². The number of ether oxygens (including phenoxy) is 1. The highest BCUT2D eigenvalue weighted by atomic mass is 16.6. The molecule has 1 saturated heterocycles. The first-order chi connectivity index (χ1) is 12.2. The molecule has 0 aromatic heterocycles. The third kappa shape index (κ3) is 10.7. The van der Waals surface area contributed by atoms with E-state index in [-0.39, 0.29) is 17.9 Å². The molecule has 0 amide bonds. The highest BCUT2D eigenvalue weighted by Crippen LogP contribution is 2.24. The number of rotatable bonds is 16. The highest BCUT2D eigenvalue weighted by molar-refractivity contribution is 5.94. The predicted molar refractivity (Wildman–Crippen MR) is 103 cm³/mol. The Morgan fingerprint density at radius 2 is 1.40 bits per heavy atom. The Morgan fingerprint density at radius 1 is 0.840 bits per heavy atom. The quantitative estimate of drug-likeness (QED) is 0.179. The zero-order valence-corrected chi connectivity index (χ0v) is 16.7. The summed E-state index contributed by atoms with van der Waals surface area (Å²) in [5.74, 6) is 0.100. The molecule has 2 unspecified atom stereocenters. The molecule has 0 N–H and O–H groups in total. The number of hydrogen-bond acceptors (Lipinski definition) is 3. The van der Waals surface area contributed by atoms with Crippen molar-refractivity contribution in [1.82, 2.24) is 0 Å². The van der Waals surface area contributed by atoms with Crippen molar-refractivity contribution in [2.75, 3.05) is 0 Å². The molecule has 0 aromatic rings. The number of carbonyl (C=O) groups is 2. The minimum atomic E-state index is -0.342. The maximum absolute atomic E-state index is 11.4. The molecule has 1 aliphatic rings. The van der Waals surface area contributed by atoms with Gasteiger partial charge in [0.1, 0.15) is 0 Å². The van der Waals surface area contributed by atoms with Gasteiger partial charge in [-0.1, -0.05) is 104 Å². The summed E-state index contributed by atoms with van der Waals surface area (Å²) in [6.45, 7) is 4.60. The molecule has 0 radical (unpaired) electrons. The van der Waals surface area contributed by atoms with E-state index in [4.69, 9.17) is 0 Å². The fourth-order valence-electron chi connectivity index (χ4n) is 3.86. The Bertz CT molecular complexity index is 364. The highest BCUT2D eigenvalue weighted by Gasteiger charge is 2.32. The summed E-state index contributed by atoms with van der Waals surface area (Å²) >= 11 is 0. The second-order valence-electron chi connectivity index (χ2n) is 7.87. The summed E-state index contributed by atoms with van der Waals surface area (Å²) in [7, 11) is 0. The molecule has 0 saturated carbocycles. The van der Waals surface area contributed by atoms with Gasteiger partial charge in [-0.25, -0.2) is 0 Å². The lowest BCUT2D eigenvalue weighted by Crippen LogP contribution is -2.07. The lowest BCUT2D eigenvalue weighted by Gasteiger charge is -2.14. The van der Waals surface area contributed by atoms with Crippen molar-refractivity contribution < 1.29 is 14.3 Å². The summed E-state index contributed by atoms with van der Waals surface area (Å²) < 4.78 is 4.59. The Hall–Kier alpha value is -0.860. The molecule has 1 rings (SSSR count). The molecule has 0 aromatic carbocycles. The minimum absolute atomic E-state index is 0.159. The zero-order chi connectivity index (χ0) is 18.3. The van der Waals surface area contributed by atoms with Crippen LogP contribution in [0.25, 0.3) is 0 Å². The molecular formula is C22H40O3. The lowest BCUT2D eigenvalue weighted by molar-refractivity contribution is -0.153. The van der Waals surface area contributed by atoms with E-state index in [1.165, 1.54) is 83.5 Å². The molecule has 3 heteroatoms. The number of carbonyl (C=O) groups excluding carboxylic acids is 2. The van der Waals surface area contributed by atoms with Crippen LogP contribution in [0.3, 0.4) is 0 Å². The summed E-state index contributed by atoms with van der Waals surface area (Å²) in [4.78, 5) is 22.4. The minimum Gasteiger partial charge on any atom is -0.393 e. The molecule has 2 atom stereocenters. The topological polar surface area (TPSA) is 43.4 Å². The van der Waals surface area contributed by atoms with Crippen molar-refractivity contribution in [2.45, 2.75) is 117 Å². The predicted octanol–water partition coefficient (Wildman–Crippen LogP) is 6.58. The fraction of sp³-hybridized carbons (Fsp3) is 0.909. The molecule has 0 bridgehead atoms. The fourth-order valence-corrected chi connectivity index (χ4v) is 3.86. The van der Waals surface area contributed by atoms with Gasteiger partial charge in [0.25, 0.3) is 0 Å². The summed E-state index contributed by atoms with van der Waals surface area (Å²) in [6, 6.07) is 0. The zero-order valence-electron chi connectivity index (χ0n) is 16.7. The first-order valence-corrected chi connectivity index (χ1v) is 10.9. The van der Waals surface area contributed by atoms with Crippen LogP contribution in [-0.2, 0) is 14.3 Å². The summed E-state index contributed by atoms with van der Waals surface area (Å²) in [6.07, 6.45) is 19.8. The van der Waals surface area contributed by atoms with Gasteiger partial charge < -0.3 is 4.74 Å². The summed E-state index contributed by atoms with van der Waals surface area (Å²) in [5, 5.41) is 0. The second kappa shape index (κ2) is 14.3. The van der Waals surface area contributed by atoms with Crippen LogP contribution in [0.15, 0.2) is 0 Å². The number of unbranched alkanes of at least 4 members (excludes halogenated alkanes) is 9. The monoisotopic (exact) mass is 352 g/mol. The van der Waals surface area contributed by atoms with Crippen LogP contribution in [0, 0.1) is 11.8 Å². The van der Waals surface area contributed by atoms with E-state index < -0.39 is 0 Å². The van der Waals surface area contributed by atoms with Crippen LogP contribution in [0.1, 0.15) is 117 Å². The van der Waals surface area contributed by atoms with E-state index in [1.54, 1.807) is 0 Å². The van der Waals surface area contributed by atoms with Crippen molar-refractivity contribution in [1.29, 1.82) is 0 Å². The van der Waals surface area contributed by atoms with Crippen molar-refractivity contribution >= 4 is 11.9 Å². The molecule has 146 valence electrons. The Labute approximate surface area is 155 Å². The van der Waals surface area contributed by atoms with Crippen LogP contribution in [0.2, 0.25) is 0 Å². The largest absolute Gasteiger partial charge is 0.393 e. The molecule has 0 spiro atoms. The maximum atomic E-state index is 11.4. The smallest absolute Gasteiger partial charge is 0.317 e. The SMILES string of the molecule is CCCCCCCCCC(CC)CCCCCCC1CC(=O)OC1=O. The van der Waals surface area contributed by atoms with Crippen LogP contribution >= 0.6 is 0 Å². The molecule has 1 aliphatic heterocycles. The van der Waals surface area contributed by atoms with E-state index in [1.807, 2.05) is 0 Å². The first-order valence-electron chi connectivity index (χ1n) is 10.9. The number of hydrogen-bond donors (Lipinski definition) is 0. The molecule has 3 nitrogen and oxygen atoms in total. The molecular weight excluding hydrogens is 312 g/mol. The van der Waals surface area contributed by atoms with Gasteiger partial charge in [-0.05, 0) is 12.3 Å². The normalized spacial score (nSPS) is 18.6. The van der Waals surface area contributed by atoms with Gasteiger partial charge in [-0.3, -0.25) is 9.59 Å².